The highest BCUT2D eigenvalue weighted by Crippen LogP contribution is 2.19. The Bertz CT molecular complexity index is 696. The Morgan fingerprint density at radius 1 is 1.08 bits per heavy atom. The van der Waals surface area contributed by atoms with Crippen molar-refractivity contribution in [2.45, 2.75) is 6.42 Å². The van der Waals surface area contributed by atoms with Crippen molar-refractivity contribution in [3.8, 4) is 0 Å². The van der Waals surface area contributed by atoms with Crippen LogP contribution in [0.4, 0.5) is 17.2 Å². The molecule has 0 radical (unpaired) electrons. The number of nitrogens with zero attached hydrogens (tertiary/aromatic N) is 5. The van der Waals surface area contributed by atoms with Crippen LogP contribution < -0.4 is 15.1 Å². The number of carbonyl (C=O) groups excluding carboxylic acids is 1. The number of hydrogen-bond donors (Lipinski definition) is 1. The Morgan fingerprint density at radius 2 is 1.77 bits per heavy atom. The summed E-state index contributed by atoms with van der Waals surface area (Å²) in [7, 11) is 3.91. The van der Waals surface area contributed by atoms with Gasteiger partial charge in [-0.1, -0.05) is 0 Å². The highest BCUT2D eigenvalue weighted by atomic mass is 16.1. The fourth-order valence-corrected chi connectivity index (χ4v) is 2.94. The van der Waals surface area contributed by atoms with Crippen LogP contribution in [-0.2, 0) is 4.79 Å². The van der Waals surface area contributed by atoms with Crippen LogP contribution in [0.15, 0.2) is 42.9 Å². The van der Waals surface area contributed by atoms with Crippen molar-refractivity contribution >= 4 is 23.1 Å². The summed E-state index contributed by atoms with van der Waals surface area (Å²) in [6.07, 6.45) is 5.87. The molecule has 7 nitrogen and oxygen atoms in total. The molecule has 0 unspecified atom stereocenters. The third-order valence-corrected chi connectivity index (χ3v) is 4.45. The molecule has 2 aromatic rings. The summed E-state index contributed by atoms with van der Waals surface area (Å²) in [6.45, 7) is 4.48. The van der Waals surface area contributed by atoms with E-state index in [-0.39, 0.29) is 5.91 Å². The summed E-state index contributed by atoms with van der Waals surface area (Å²) < 4.78 is 0. The first kappa shape index (κ1) is 18.1. The lowest BCUT2D eigenvalue weighted by atomic mass is 10.2. The Balaban J connectivity index is 1.51. The maximum atomic E-state index is 11.9. The second-order valence-corrected chi connectivity index (χ2v) is 6.69. The molecule has 0 saturated carbocycles. The highest BCUT2D eigenvalue weighted by Gasteiger charge is 2.18. The van der Waals surface area contributed by atoms with Crippen molar-refractivity contribution in [1.82, 2.24) is 14.9 Å². The van der Waals surface area contributed by atoms with E-state index in [9.17, 15) is 4.79 Å². The van der Waals surface area contributed by atoms with E-state index in [0.29, 0.717) is 6.42 Å². The number of pyridine rings is 2. The van der Waals surface area contributed by atoms with E-state index in [1.165, 1.54) is 5.69 Å². The average molecular weight is 354 g/mol. The number of anilines is 3. The molecule has 0 spiro atoms. The normalized spacial score (nSPS) is 14.6. The van der Waals surface area contributed by atoms with Crippen molar-refractivity contribution in [3.63, 3.8) is 0 Å². The van der Waals surface area contributed by atoms with Crippen LogP contribution in [-0.4, -0.2) is 67.6 Å². The average Bonchev–Trinajstić information content (AvgIpc) is 2.68. The minimum Gasteiger partial charge on any atom is -0.368 e. The second-order valence-electron chi connectivity index (χ2n) is 6.69. The van der Waals surface area contributed by atoms with Gasteiger partial charge in [-0.2, -0.15) is 0 Å². The van der Waals surface area contributed by atoms with Gasteiger partial charge in [0.25, 0.3) is 0 Å². The second kappa shape index (κ2) is 8.62. The predicted octanol–water partition coefficient (Wildman–Crippen LogP) is 1.69. The van der Waals surface area contributed by atoms with Crippen LogP contribution in [0.25, 0.3) is 0 Å². The zero-order valence-corrected chi connectivity index (χ0v) is 15.4. The van der Waals surface area contributed by atoms with Gasteiger partial charge in [0.05, 0.1) is 11.9 Å². The third kappa shape index (κ3) is 4.92. The number of nitrogens with one attached hydrogen (secondary N) is 1. The summed E-state index contributed by atoms with van der Waals surface area (Å²) in [5.74, 6) is 0.963. The number of rotatable bonds is 6. The van der Waals surface area contributed by atoms with Crippen molar-refractivity contribution in [2.75, 3.05) is 61.9 Å². The summed E-state index contributed by atoms with van der Waals surface area (Å²) in [6, 6.07) is 7.98. The molecule has 1 N–H and O–H groups in total. The monoisotopic (exact) mass is 354 g/mol. The van der Waals surface area contributed by atoms with Gasteiger partial charge in [-0.3, -0.25) is 9.78 Å². The maximum Gasteiger partial charge on any atom is 0.225 e. The zero-order valence-electron chi connectivity index (χ0n) is 15.4. The molecular formula is C19H26N6O. The molecule has 0 aromatic carbocycles. The van der Waals surface area contributed by atoms with E-state index in [0.717, 1.165) is 44.2 Å². The zero-order chi connectivity index (χ0) is 18.4. The molecular weight excluding hydrogens is 328 g/mol. The molecule has 0 bridgehead atoms. The topological polar surface area (TPSA) is 64.6 Å². The lowest BCUT2D eigenvalue weighted by molar-refractivity contribution is -0.116. The largest absolute Gasteiger partial charge is 0.368 e. The predicted molar refractivity (Wildman–Crippen MR) is 105 cm³/mol. The van der Waals surface area contributed by atoms with Crippen molar-refractivity contribution in [2.24, 2.45) is 0 Å². The molecule has 1 fully saturated rings. The van der Waals surface area contributed by atoms with Gasteiger partial charge >= 0.3 is 0 Å². The summed E-state index contributed by atoms with van der Waals surface area (Å²) in [5, 5.41) is 2.90. The minimum atomic E-state index is 0.0132. The molecule has 138 valence electrons. The molecule has 1 amide bonds. The number of hydrogen-bond acceptors (Lipinski definition) is 6. The van der Waals surface area contributed by atoms with Gasteiger partial charge in [-0.15, -0.1) is 0 Å². The van der Waals surface area contributed by atoms with Gasteiger partial charge in [-0.25, -0.2) is 4.98 Å². The Hall–Kier alpha value is -2.67. The molecule has 1 aliphatic heterocycles. The van der Waals surface area contributed by atoms with E-state index < -0.39 is 0 Å². The van der Waals surface area contributed by atoms with Gasteiger partial charge in [0.1, 0.15) is 5.82 Å². The van der Waals surface area contributed by atoms with E-state index in [2.05, 4.69) is 25.1 Å². The first-order valence-electron chi connectivity index (χ1n) is 8.92. The van der Waals surface area contributed by atoms with Crippen molar-refractivity contribution in [1.29, 1.82) is 0 Å². The summed E-state index contributed by atoms with van der Waals surface area (Å²) >= 11 is 0. The van der Waals surface area contributed by atoms with Crippen molar-refractivity contribution in [3.05, 3.63) is 42.9 Å². The molecule has 0 aliphatic carbocycles. The van der Waals surface area contributed by atoms with E-state index in [4.69, 9.17) is 0 Å². The lowest BCUT2D eigenvalue weighted by Gasteiger charge is -2.36. The van der Waals surface area contributed by atoms with E-state index in [1.54, 1.807) is 6.20 Å². The lowest BCUT2D eigenvalue weighted by Crippen LogP contribution is -2.46. The van der Waals surface area contributed by atoms with E-state index in [1.807, 2.05) is 55.7 Å². The molecule has 7 heteroatoms. The molecule has 1 saturated heterocycles. The molecule has 26 heavy (non-hydrogen) atoms. The maximum absolute atomic E-state index is 11.9. The highest BCUT2D eigenvalue weighted by molar-refractivity contribution is 5.90. The quantitative estimate of drug-likeness (QED) is 0.852. The Kier molecular flexibility index (Phi) is 6.01. The smallest absolute Gasteiger partial charge is 0.225 e. The molecule has 0 atom stereocenters. The summed E-state index contributed by atoms with van der Waals surface area (Å²) in [5.41, 5.74) is 1.95. The first-order valence-corrected chi connectivity index (χ1v) is 8.92. The SMILES string of the molecule is CN(C)CCC(=O)Nc1ccc(N2CCN(c3ccncc3)CC2)nc1. The molecule has 1 aliphatic rings. The Morgan fingerprint density at radius 3 is 2.38 bits per heavy atom. The van der Waals surface area contributed by atoms with Gasteiger partial charge in [0, 0.05) is 57.2 Å². The van der Waals surface area contributed by atoms with Crippen LogP contribution in [0.3, 0.4) is 0 Å². The van der Waals surface area contributed by atoms with Gasteiger partial charge in [0.15, 0.2) is 0 Å². The fraction of sp³-hybridized carbons (Fsp3) is 0.421. The van der Waals surface area contributed by atoms with Crippen LogP contribution in [0, 0.1) is 0 Å². The number of amides is 1. The standard InChI is InChI=1S/C19H26N6O/c1-23(2)10-7-19(26)22-16-3-4-18(21-15-16)25-13-11-24(12-14-25)17-5-8-20-9-6-17/h3-6,8-9,15H,7,10-14H2,1-2H3,(H,22,26). The Labute approximate surface area is 154 Å². The minimum absolute atomic E-state index is 0.0132. The van der Waals surface area contributed by atoms with Gasteiger partial charge in [0.2, 0.25) is 5.91 Å². The van der Waals surface area contributed by atoms with Gasteiger partial charge in [-0.05, 0) is 38.4 Å². The number of aromatic nitrogens is 2. The first-order chi connectivity index (χ1) is 12.6. The van der Waals surface area contributed by atoms with E-state index >= 15 is 0 Å². The molecule has 3 heterocycles. The van der Waals surface area contributed by atoms with Gasteiger partial charge < -0.3 is 20.0 Å². The van der Waals surface area contributed by atoms with Crippen LogP contribution in [0.5, 0.6) is 0 Å². The third-order valence-electron chi connectivity index (χ3n) is 4.45. The van der Waals surface area contributed by atoms with Crippen molar-refractivity contribution < 1.29 is 4.79 Å². The fourth-order valence-electron chi connectivity index (χ4n) is 2.94. The molecule has 2 aromatic heterocycles. The van der Waals surface area contributed by atoms with Crippen LogP contribution >= 0.6 is 0 Å². The summed E-state index contributed by atoms with van der Waals surface area (Å²) in [4.78, 5) is 27.1. The van der Waals surface area contributed by atoms with Crippen LogP contribution in [0.1, 0.15) is 6.42 Å². The van der Waals surface area contributed by atoms with Crippen LogP contribution in [0.2, 0.25) is 0 Å². The molecule has 3 rings (SSSR count). The number of piperazine rings is 1. The number of carbonyl (C=O) groups is 1.